The monoisotopic (exact) mass is 322 g/mol. The summed E-state index contributed by atoms with van der Waals surface area (Å²) in [5.41, 5.74) is 1.73. The number of ether oxygens (including phenoxy) is 1. The van der Waals surface area contributed by atoms with Crippen LogP contribution in [0.25, 0.3) is 0 Å². The number of halogens is 1. The van der Waals surface area contributed by atoms with Crippen molar-refractivity contribution in [3.05, 3.63) is 52.4 Å². The standard InChI is InChI=1S/C16H19ClN2O3/c1-21-10-12-6-15(18-22-12)11-7-19(8-11)9-16(20)13-4-2-3-5-14(13)17/h2-6,11,16,20H,7-10H2,1H3. The zero-order valence-electron chi connectivity index (χ0n) is 12.4. The average Bonchev–Trinajstić information content (AvgIpc) is 2.91. The van der Waals surface area contributed by atoms with Crippen molar-refractivity contribution in [2.24, 2.45) is 0 Å². The lowest BCUT2D eigenvalue weighted by Gasteiger charge is -2.39. The minimum absolute atomic E-state index is 0.354. The highest BCUT2D eigenvalue weighted by molar-refractivity contribution is 6.31. The van der Waals surface area contributed by atoms with E-state index in [1.54, 1.807) is 13.2 Å². The van der Waals surface area contributed by atoms with Gasteiger partial charge in [-0.05, 0) is 6.07 Å². The predicted octanol–water partition coefficient (Wildman–Crippen LogP) is 2.61. The van der Waals surface area contributed by atoms with Crippen molar-refractivity contribution in [1.82, 2.24) is 10.1 Å². The molecule has 2 aromatic rings. The van der Waals surface area contributed by atoms with Gasteiger partial charge in [-0.1, -0.05) is 35.0 Å². The number of aromatic nitrogens is 1. The third kappa shape index (κ3) is 3.33. The molecule has 0 radical (unpaired) electrons. The predicted molar refractivity (Wildman–Crippen MR) is 82.8 cm³/mol. The van der Waals surface area contributed by atoms with Crippen LogP contribution in [0.5, 0.6) is 0 Å². The van der Waals surface area contributed by atoms with E-state index >= 15 is 0 Å². The Bertz CT molecular complexity index is 625. The number of hydrogen-bond donors (Lipinski definition) is 1. The summed E-state index contributed by atoms with van der Waals surface area (Å²) >= 11 is 6.11. The number of aliphatic hydroxyl groups excluding tert-OH is 1. The van der Waals surface area contributed by atoms with Crippen LogP contribution >= 0.6 is 11.6 Å². The summed E-state index contributed by atoms with van der Waals surface area (Å²) in [7, 11) is 1.63. The molecule has 0 bridgehead atoms. The molecule has 1 fully saturated rings. The van der Waals surface area contributed by atoms with Gasteiger partial charge in [0.05, 0.1) is 11.8 Å². The first-order chi connectivity index (χ1) is 10.7. The Morgan fingerprint density at radius 1 is 1.45 bits per heavy atom. The quantitative estimate of drug-likeness (QED) is 0.886. The zero-order chi connectivity index (χ0) is 15.5. The summed E-state index contributed by atoms with van der Waals surface area (Å²) in [6, 6.07) is 9.34. The normalized spacial score (nSPS) is 17.4. The van der Waals surface area contributed by atoms with E-state index < -0.39 is 6.10 Å². The van der Waals surface area contributed by atoms with Crippen molar-refractivity contribution in [1.29, 1.82) is 0 Å². The van der Waals surface area contributed by atoms with Crippen LogP contribution in [0.4, 0.5) is 0 Å². The molecule has 1 saturated heterocycles. The van der Waals surface area contributed by atoms with Gasteiger partial charge in [-0.15, -0.1) is 0 Å². The molecule has 22 heavy (non-hydrogen) atoms. The summed E-state index contributed by atoms with van der Waals surface area (Å²) in [4.78, 5) is 2.18. The summed E-state index contributed by atoms with van der Waals surface area (Å²) in [5.74, 6) is 1.10. The van der Waals surface area contributed by atoms with Crippen LogP contribution in [0.3, 0.4) is 0 Å². The van der Waals surface area contributed by atoms with Gasteiger partial charge in [-0.3, -0.25) is 4.90 Å². The summed E-state index contributed by atoms with van der Waals surface area (Å²) in [6.45, 7) is 2.73. The summed E-state index contributed by atoms with van der Waals surface area (Å²) in [5, 5.41) is 15.0. The highest BCUT2D eigenvalue weighted by Crippen LogP contribution is 2.30. The molecule has 1 aromatic carbocycles. The Hall–Kier alpha value is -1.40. The minimum atomic E-state index is -0.573. The second-order valence-corrected chi connectivity index (χ2v) is 6.01. The van der Waals surface area contributed by atoms with Crippen LogP contribution in [0.2, 0.25) is 5.02 Å². The van der Waals surface area contributed by atoms with Crippen molar-refractivity contribution in [2.75, 3.05) is 26.7 Å². The molecule has 5 nitrogen and oxygen atoms in total. The van der Waals surface area contributed by atoms with Crippen molar-refractivity contribution in [3.63, 3.8) is 0 Å². The maximum Gasteiger partial charge on any atom is 0.162 e. The van der Waals surface area contributed by atoms with E-state index in [4.69, 9.17) is 20.9 Å². The average molecular weight is 323 g/mol. The lowest BCUT2D eigenvalue weighted by atomic mass is 9.95. The molecule has 0 spiro atoms. The van der Waals surface area contributed by atoms with Crippen LogP contribution in [-0.4, -0.2) is 41.9 Å². The first-order valence-corrected chi connectivity index (χ1v) is 7.64. The Kier molecular flexibility index (Phi) is 4.78. The van der Waals surface area contributed by atoms with E-state index in [0.717, 1.165) is 30.1 Å². The number of nitrogens with zero attached hydrogens (tertiary/aromatic N) is 2. The van der Waals surface area contributed by atoms with Crippen LogP contribution in [0, 0.1) is 0 Å². The highest BCUT2D eigenvalue weighted by atomic mass is 35.5. The van der Waals surface area contributed by atoms with Gasteiger partial charge in [0.2, 0.25) is 0 Å². The highest BCUT2D eigenvalue weighted by Gasteiger charge is 2.32. The fraction of sp³-hybridized carbons (Fsp3) is 0.438. The molecule has 1 aliphatic rings. The number of methoxy groups -OCH3 is 1. The first kappa shape index (κ1) is 15.5. The van der Waals surface area contributed by atoms with E-state index in [-0.39, 0.29) is 0 Å². The van der Waals surface area contributed by atoms with Crippen LogP contribution in [-0.2, 0) is 11.3 Å². The van der Waals surface area contributed by atoms with Crippen molar-refractivity contribution < 1.29 is 14.4 Å². The second-order valence-electron chi connectivity index (χ2n) is 5.60. The van der Waals surface area contributed by atoms with E-state index in [1.807, 2.05) is 24.3 Å². The fourth-order valence-corrected chi connectivity index (χ4v) is 2.99. The van der Waals surface area contributed by atoms with E-state index in [1.165, 1.54) is 0 Å². The third-order valence-corrected chi connectivity index (χ3v) is 4.28. The van der Waals surface area contributed by atoms with Crippen molar-refractivity contribution in [2.45, 2.75) is 18.6 Å². The molecule has 1 atom stereocenters. The molecular weight excluding hydrogens is 304 g/mol. The largest absolute Gasteiger partial charge is 0.387 e. The molecule has 0 saturated carbocycles. The van der Waals surface area contributed by atoms with Crippen LogP contribution in [0.15, 0.2) is 34.9 Å². The van der Waals surface area contributed by atoms with Gasteiger partial charge in [-0.2, -0.15) is 0 Å². The Labute approximate surface area is 134 Å². The first-order valence-electron chi connectivity index (χ1n) is 7.26. The van der Waals surface area contributed by atoms with Crippen LogP contribution < -0.4 is 0 Å². The topological polar surface area (TPSA) is 58.7 Å². The van der Waals surface area contributed by atoms with E-state index in [0.29, 0.717) is 24.1 Å². The maximum absolute atomic E-state index is 10.3. The van der Waals surface area contributed by atoms with Gasteiger partial charge in [0.15, 0.2) is 5.76 Å². The van der Waals surface area contributed by atoms with Gasteiger partial charge in [0, 0.05) is 49.3 Å². The van der Waals surface area contributed by atoms with Crippen LogP contribution in [0.1, 0.15) is 29.0 Å². The lowest BCUT2D eigenvalue weighted by Crippen LogP contribution is -2.46. The maximum atomic E-state index is 10.3. The molecule has 118 valence electrons. The number of hydrogen-bond acceptors (Lipinski definition) is 5. The molecule has 1 N–H and O–H groups in total. The fourth-order valence-electron chi connectivity index (χ4n) is 2.73. The van der Waals surface area contributed by atoms with Gasteiger partial charge in [0.1, 0.15) is 6.61 Å². The van der Waals surface area contributed by atoms with Crippen molar-refractivity contribution >= 4 is 11.6 Å². The number of benzene rings is 1. The molecule has 0 aliphatic carbocycles. The number of rotatable bonds is 6. The minimum Gasteiger partial charge on any atom is -0.387 e. The van der Waals surface area contributed by atoms with E-state index in [2.05, 4.69) is 10.1 Å². The molecule has 1 aliphatic heterocycles. The lowest BCUT2D eigenvalue weighted by molar-refractivity contribution is 0.0627. The van der Waals surface area contributed by atoms with E-state index in [9.17, 15) is 5.11 Å². The summed E-state index contributed by atoms with van der Waals surface area (Å²) < 4.78 is 10.2. The second kappa shape index (κ2) is 6.79. The van der Waals surface area contributed by atoms with Gasteiger partial charge < -0.3 is 14.4 Å². The molecular formula is C16H19ClN2O3. The smallest absolute Gasteiger partial charge is 0.162 e. The third-order valence-electron chi connectivity index (χ3n) is 3.93. The van der Waals surface area contributed by atoms with Gasteiger partial charge in [0.25, 0.3) is 0 Å². The number of likely N-dealkylation sites (tertiary alicyclic amines) is 1. The van der Waals surface area contributed by atoms with Gasteiger partial charge >= 0.3 is 0 Å². The molecule has 3 rings (SSSR count). The molecule has 1 unspecified atom stereocenters. The number of aliphatic hydroxyl groups is 1. The van der Waals surface area contributed by atoms with Crippen molar-refractivity contribution in [3.8, 4) is 0 Å². The Morgan fingerprint density at radius 3 is 2.95 bits per heavy atom. The Balaban J connectivity index is 1.52. The molecule has 0 amide bonds. The molecule has 6 heteroatoms. The molecule has 1 aromatic heterocycles. The molecule has 2 heterocycles. The van der Waals surface area contributed by atoms with Gasteiger partial charge in [-0.25, -0.2) is 0 Å². The number of β-amino-alcohol motifs (C(OH)–C–C–N with tert-alkyl or cyclic N) is 1. The SMILES string of the molecule is COCc1cc(C2CN(CC(O)c3ccccc3Cl)C2)no1. The Morgan fingerprint density at radius 2 is 2.23 bits per heavy atom. The zero-order valence-corrected chi connectivity index (χ0v) is 13.2. The summed E-state index contributed by atoms with van der Waals surface area (Å²) in [6.07, 6.45) is -0.573.